The van der Waals surface area contributed by atoms with Crippen LogP contribution < -0.4 is 5.32 Å². The SMILES string of the molecule is CC(C)(CCNc1nc(Br)cs1)CCC(=O)O. The number of nitrogens with zero attached hydrogens (tertiary/aromatic N) is 1. The molecular weight excluding hydrogens is 304 g/mol. The van der Waals surface area contributed by atoms with Crippen LogP contribution in [0.4, 0.5) is 5.13 Å². The van der Waals surface area contributed by atoms with Gasteiger partial charge in [-0.2, -0.15) is 0 Å². The predicted octanol–water partition coefficient (Wildman–Crippen LogP) is 3.60. The van der Waals surface area contributed by atoms with Crippen LogP contribution in [0.1, 0.15) is 33.1 Å². The molecule has 0 radical (unpaired) electrons. The Bertz CT molecular complexity index is 379. The highest BCUT2D eigenvalue weighted by Crippen LogP contribution is 2.27. The lowest BCUT2D eigenvalue weighted by Gasteiger charge is -2.23. The predicted molar refractivity (Wildman–Crippen MR) is 73.6 cm³/mol. The average molecular weight is 321 g/mol. The smallest absolute Gasteiger partial charge is 0.303 e. The molecule has 0 bridgehead atoms. The molecular formula is C11H17BrN2O2S. The number of carbonyl (C=O) groups is 1. The van der Waals surface area contributed by atoms with Crippen LogP contribution in [0.15, 0.2) is 9.98 Å². The standard InChI is InChI=1S/C11H17BrN2O2S/c1-11(2,4-3-9(15)16)5-6-13-10-14-8(12)7-17-10/h7H,3-6H2,1-2H3,(H,13,14)(H,15,16). The zero-order valence-corrected chi connectivity index (χ0v) is 12.4. The topological polar surface area (TPSA) is 62.2 Å². The van der Waals surface area contributed by atoms with Crippen LogP contribution >= 0.6 is 27.3 Å². The molecule has 0 aliphatic heterocycles. The van der Waals surface area contributed by atoms with E-state index in [0.29, 0.717) is 6.42 Å². The summed E-state index contributed by atoms with van der Waals surface area (Å²) >= 11 is 4.85. The number of aliphatic carboxylic acids is 1. The van der Waals surface area contributed by atoms with Crippen LogP contribution in [0.2, 0.25) is 0 Å². The molecule has 0 fully saturated rings. The molecule has 4 nitrogen and oxygen atoms in total. The minimum atomic E-state index is -0.727. The van der Waals surface area contributed by atoms with Gasteiger partial charge in [0.15, 0.2) is 5.13 Å². The Kier molecular flexibility index (Phi) is 5.39. The third-order valence-corrected chi connectivity index (χ3v) is 4.08. The molecule has 0 amide bonds. The third kappa shape index (κ3) is 6.02. The van der Waals surface area contributed by atoms with Crippen LogP contribution in [-0.4, -0.2) is 22.6 Å². The summed E-state index contributed by atoms with van der Waals surface area (Å²) in [6, 6.07) is 0. The molecule has 1 aromatic rings. The largest absolute Gasteiger partial charge is 0.481 e. The highest BCUT2D eigenvalue weighted by atomic mass is 79.9. The van der Waals surface area contributed by atoms with Crippen molar-refractivity contribution in [2.45, 2.75) is 33.1 Å². The second-order valence-corrected chi connectivity index (χ2v) is 6.38. The molecule has 0 aliphatic rings. The number of thiazole rings is 1. The van der Waals surface area contributed by atoms with E-state index in [2.05, 4.69) is 40.1 Å². The molecule has 1 aromatic heterocycles. The summed E-state index contributed by atoms with van der Waals surface area (Å²) in [6.45, 7) is 5.00. The van der Waals surface area contributed by atoms with E-state index in [9.17, 15) is 4.79 Å². The van der Waals surface area contributed by atoms with Gasteiger partial charge in [-0.3, -0.25) is 4.79 Å². The van der Waals surface area contributed by atoms with Gasteiger partial charge in [0.2, 0.25) is 0 Å². The fourth-order valence-electron chi connectivity index (χ4n) is 1.41. The summed E-state index contributed by atoms with van der Waals surface area (Å²) in [4.78, 5) is 14.7. The van der Waals surface area contributed by atoms with Gasteiger partial charge in [-0.25, -0.2) is 4.98 Å². The Morgan fingerprint density at radius 2 is 2.29 bits per heavy atom. The maximum Gasteiger partial charge on any atom is 0.303 e. The van der Waals surface area contributed by atoms with Gasteiger partial charge in [0.05, 0.1) is 0 Å². The summed E-state index contributed by atoms with van der Waals surface area (Å²) in [7, 11) is 0. The maximum absolute atomic E-state index is 10.5. The first-order chi connectivity index (χ1) is 7.89. The Morgan fingerprint density at radius 3 is 2.82 bits per heavy atom. The highest BCUT2D eigenvalue weighted by molar-refractivity contribution is 9.10. The number of nitrogens with one attached hydrogen (secondary N) is 1. The normalized spacial score (nSPS) is 11.5. The van der Waals surface area contributed by atoms with Crippen molar-refractivity contribution in [3.63, 3.8) is 0 Å². The number of carboxylic acid groups (broad SMARTS) is 1. The van der Waals surface area contributed by atoms with Gasteiger partial charge >= 0.3 is 5.97 Å². The maximum atomic E-state index is 10.5. The van der Waals surface area contributed by atoms with E-state index in [-0.39, 0.29) is 11.8 Å². The first-order valence-corrected chi connectivity index (χ1v) is 7.13. The fraction of sp³-hybridized carbons (Fsp3) is 0.636. The minimum Gasteiger partial charge on any atom is -0.481 e. The van der Waals surface area contributed by atoms with Crippen LogP contribution in [0.5, 0.6) is 0 Å². The van der Waals surface area contributed by atoms with Crippen LogP contribution in [0, 0.1) is 5.41 Å². The fourth-order valence-corrected chi connectivity index (χ4v) is 2.59. The lowest BCUT2D eigenvalue weighted by molar-refractivity contribution is -0.137. The van der Waals surface area contributed by atoms with Crippen LogP contribution in [0.3, 0.4) is 0 Å². The van der Waals surface area contributed by atoms with Crippen molar-refractivity contribution >= 4 is 38.4 Å². The number of anilines is 1. The van der Waals surface area contributed by atoms with Gasteiger partial charge in [-0.15, -0.1) is 11.3 Å². The monoisotopic (exact) mass is 320 g/mol. The summed E-state index contributed by atoms with van der Waals surface area (Å²) in [5.41, 5.74) is 0.0415. The molecule has 0 aliphatic carbocycles. The summed E-state index contributed by atoms with van der Waals surface area (Å²) < 4.78 is 0.843. The van der Waals surface area contributed by atoms with E-state index in [0.717, 1.165) is 22.7 Å². The lowest BCUT2D eigenvalue weighted by atomic mass is 9.84. The molecule has 0 saturated heterocycles. The summed E-state index contributed by atoms with van der Waals surface area (Å²) in [6.07, 6.45) is 1.86. The summed E-state index contributed by atoms with van der Waals surface area (Å²) in [5, 5.41) is 14.7. The number of hydrogen-bond acceptors (Lipinski definition) is 4. The molecule has 0 spiro atoms. The van der Waals surface area contributed by atoms with E-state index in [4.69, 9.17) is 5.11 Å². The van der Waals surface area contributed by atoms with Crippen molar-refractivity contribution in [2.24, 2.45) is 5.41 Å². The van der Waals surface area contributed by atoms with Crippen molar-refractivity contribution in [3.05, 3.63) is 9.98 Å². The van der Waals surface area contributed by atoms with Gasteiger partial charge in [0.1, 0.15) is 4.60 Å². The van der Waals surface area contributed by atoms with E-state index >= 15 is 0 Å². The first kappa shape index (κ1) is 14.4. The molecule has 2 N–H and O–H groups in total. The lowest BCUT2D eigenvalue weighted by Crippen LogP contribution is -2.18. The molecule has 0 aromatic carbocycles. The van der Waals surface area contributed by atoms with Gasteiger partial charge in [-0.05, 0) is 34.2 Å². The number of halogens is 1. The first-order valence-electron chi connectivity index (χ1n) is 5.46. The Labute approximate surface area is 114 Å². The van der Waals surface area contributed by atoms with Crippen molar-refractivity contribution < 1.29 is 9.90 Å². The molecule has 1 heterocycles. The third-order valence-electron chi connectivity index (χ3n) is 2.57. The second-order valence-electron chi connectivity index (χ2n) is 4.71. The van der Waals surface area contributed by atoms with Crippen LogP contribution in [0.25, 0.3) is 0 Å². The molecule has 0 atom stereocenters. The van der Waals surface area contributed by atoms with Gasteiger partial charge in [0, 0.05) is 18.3 Å². The van der Waals surface area contributed by atoms with E-state index in [1.54, 1.807) is 11.3 Å². The Balaban J connectivity index is 2.27. The molecule has 1 rings (SSSR count). The number of rotatable bonds is 7. The van der Waals surface area contributed by atoms with E-state index in [1.807, 2.05) is 5.38 Å². The van der Waals surface area contributed by atoms with Crippen molar-refractivity contribution in [1.29, 1.82) is 0 Å². The molecule has 17 heavy (non-hydrogen) atoms. The Hall–Kier alpha value is -0.620. The quantitative estimate of drug-likeness (QED) is 0.805. The van der Waals surface area contributed by atoms with Crippen LogP contribution in [-0.2, 0) is 4.79 Å². The van der Waals surface area contributed by atoms with Gasteiger partial charge < -0.3 is 10.4 Å². The van der Waals surface area contributed by atoms with E-state index in [1.165, 1.54) is 0 Å². The number of carboxylic acids is 1. The zero-order valence-electron chi connectivity index (χ0n) is 9.99. The highest BCUT2D eigenvalue weighted by Gasteiger charge is 2.18. The minimum absolute atomic E-state index is 0.0415. The molecule has 0 unspecified atom stereocenters. The number of hydrogen-bond donors (Lipinski definition) is 2. The molecule has 96 valence electrons. The zero-order chi connectivity index (χ0) is 12.9. The van der Waals surface area contributed by atoms with Crippen molar-refractivity contribution in [1.82, 2.24) is 4.98 Å². The Morgan fingerprint density at radius 1 is 1.59 bits per heavy atom. The second kappa shape index (κ2) is 6.35. The summed E-state index contributed by atoms with van der Waals surface area (Å²) in [5.74, 6) is -0.727. The average Bonchev–Trinajstić information content (AvgIpc) is 2.61. The van der Waals surface area contributed by atoms with Gasteiger partial charge in [0.25, 0.3) is 0 Å². The van der Waals surface area contributed by atoms with Crippen molar-refractivity contribution in [2.75, 3.05) is 11.9 Å². The van der Waals surface area contributed by atoms with E-state index < -0.39 is 5.97 Å². The van der Waals surface area contributed by atoms with Crippen molar-refractivity contribution in [3.8, 4) is 0 Å². The van der Waals surface area contributed by atoms with Gasteiger partial charge in [-0.1, -0.05) is 13.8 Å². The molecule has 6 heteroatoms. The number of aromatic nitrogens is 1. The molecule has 0 saturated carbocycles.